The average Bonchev–Trinajstić information content (AvgIpc) is 2.50. The van der Waals surface area contributed by atoms with Crippen molar-refractivity contribution in [3.63, 3.8) is 0 Å². The van der Waals surface area contributed by atoms with Crippen molar-refractivity contribution in [2.24, 2.45) is 0 Å². The number of aryl methyl sites for hydroxylation is 1. The molecular weight excluding hydrogens is 264 g/mol. The highest BCUT2D eigenvalue weighted by atomic mass is 16.2. The first-order valence-corrected chi connectivity index (χ1v) is 7.10. The summed E-state index contributed by atoms with van der Waals surface area (Å²) in [4.78, 5) is 22.8. The van der Waals surface area contributed by atoms with Gasteiger partial charge in [0.25, 0.3) is 5.91 Å². The Hall–Kier alpha value is -2.43. The predicted octanol–water partition coefficient (Wildman–Crippen LogP) is 2.88. The summed E-state index contributed by atoms with van der Waals surface area (Å²) >= 11 is 0. The van der Waals surface area contributed by atoms with Crippen LogP contribution in [0, 0.1) is 6.92 Å². The van der Waals surface area contributed by atoms with Gasteiger partial charge in [-0.25, -0.2) is 4.98 Å². The van der Waals surface area contributed by atoms with Crippen molar-refractivity contribution >= 4 is 17.4 Å². The molecule has 5 heteroatoms. The Labute approximate surface area is 125 Å². The third-order valence-electron chi connectivity index (χ3n) is 3.18. The summed E-state index contributed by atoms with van der Waals surface area (Å²) in [6.07, 6.45) is 3.12. The number of anilines is 2. The topological polar surface area (TPSA) is 58.1 Å². The standard InChI is InChI=1S/C16H20N4O/c1-4-18-15-11-17-10-13(19-15)16(21)20(5-2)14-9-7-6-8-12(14)3/h6-11H,4-5H2,1-3H3,(H,18,19). The second-order valence-corrected chi connectivity index (χ2v) is 4.66. The predicted molar refractivity (Wildman–Crippen MR) is 84.7 cm³/mol. The van der Waals surface area contributed by atoms with Crippen molar-refractivity contribution < 1.29 is 4.79 Å². The van der Waals surface area contributed by atoms with Gasteiger partial charge in [0, 0.05) is 18.8 Å². The van der Waals surface area contributed by atoms with Crippen molar-refractivity contribution in [3.8, 4) is 0 Å². The van der Waals surface area contributed by atoms with E-state index in [0.717, 1.165) is 17.8 Å². The molecule has 0 bridgehead atoms. The van der Waals surface area contributed by atoms with Gasteiger partial charge in [-0.1, -0.05) is 18.2 Å². The van der Waals surface area contributed by atoms with Crippen LogP contribution in [0.5, 0.6) is 0 Å². The van der Waals surface area contributed by atoms with E-state index >= 15 is 0 Å². The van der Waals surface area contributed by atoms with Gasteiger partial charge in [0.2, 0.25) is 0 Å². The van der Waals surface area contributed by atoms with Gasteiger partial charge in [-0.2, -0.15) is 0 Å². The van der Waals surface area contributed by atoms with Gasteiger partial charge >= 0.3 is 0 Å². The van der Waals surface area contributed by atoms with E-state index in [2.05, 4.69) is 15.3 Å². The maximum atomic E-state index is 12.7. The third-order valence-corrected chi connectivity index (χ3v) is 3.18. The van der Waals surface area contributed by atoms with E-state index in [0.29, 0.717) is 18.1 Å². The van der Waals surface area contributed by atoms with Crippen LogP contribution in [0.2, 0.25) is 0 Å². The van der Waals surface area contributed by atoms with E-state index in [9.17, 15) is 4.79 Å². The summed E-state index contributed by atoms with van der Waals surface area (Å²) in [5, 5.41) is 3.07. The molecule has 21 heavy (non-hydrogen) atoms. The number of nitrogens with one attached hydrogen (secondary N) is 1. The summed E-state index contributed by atoms with van der Waals surface area (Å²) < 4.78 is 0. The molecule has 110 valence electrons. The average molecular weight is 284 g/mol. The second-order valence-electron chi connectivity index (χ2n) is 4.66. The van der Waals surface area contributed by atoms with E-state index in [1.54, 1.807) is 11.1 Å². The third kappa shape index (κ3) is 3.37. The Morgan fingerprint density at radius 2 is 2.00 bits per heavy atom. The highest BCUT2D eigenvalue weighted by Crippen LogP contribution is 2.21. The molecule has 2 aromatic rings. The molecule has 1 aromatic carbocycles. The molecule has 0 atom stereocenters. The first-order chi connectivity index (χ1) is 10.2. The zero-order valence-corrected chi connectivity index (χ0v) is 12.6. The number of rotatable bonds is 5. The van der Waals surface area contributed by atoms with Crippen LogP contribution in [-0.4, -0.2) is 29.0 Å². The van der Waals surface area contributed by atoms with E-state index in [1.807, 2.05) is 45.0 Å². The lowest BCUT2D eigenvalue weighted by molar-refractivity contribution is 0.0983. The van der Waals surface area contributed by atoms with Gasteiger partial charge in [-0.15, -0.1) is 0 Å². The first-order valence-electron chi connectivity index (χ1n) is 7.10. The molecule has 0 aliphatic heterocycles. The van der Waals surface area contributed by atoms with Gasteiger partial charge in [0.05, 0.1) is 12.4 Å². The zero-order chi connectivity index (χ0) is 15.2. The molecule has 0 spiro atoms. The number of hydrogen-bond acceptors (Lipinski definition) is 4. The van der Waals surface area contributed by atoms with Crippen molar-refractivity contribution in [2.75, 3.05) is 23.3 Å². The molecule has 1 heterocycles. The normalized spacial score (nSPS) is 10.2. The van der Waals surface area contributed by atoms with Crippen LogP contribution < -0.4 is 10.2 Å². The molecule has 0 saturated carbocycles. The van der Waals surface area contributed by atoms with Crippen molar-refractivity contribution in [1.82, 2.24) is 9.97 Å². The summed E-state index contributed by atoms with van der Waals surface area (Å²) in [7, 11) is 0. The molecule has 5 nitrogen and oxygen atoms in total. The maximum Gasteiger partial charge on any atom is 0.278 e. The summed E-state index contributed by atoms with van der Waals surface area (Å²) in [6.45, 7) is 7.23. The van der Waals surface area contributed by atoms with Crippen molar-refractivity contribution in [2.45, 2.75) is 20.8 Å². The van der Waals surface area contributed by atoms with Crippen LogP contribution in [0.1, 0.15) is 29.9 Å². The highest BCUT2D eigenvalue weighted by Gasteiger charge is 2.19. The Bertz CT molecular complexity index is 627. The Morgan fingerprint density at radius 3 is 2.67 bits per heavy atom. The molecule has 1 aromatic heterocycles. The molecule has 2 rings (SSSR count). The minimum Gasteiger partial charge on any atom is -0.369 e. The van der Waals surface area contributed by atoms with Crippen LogP contribution in [0.25, 0.3) is 0 Å². The van der Waals surface area contributed by atoms with Gasteiger partial charge in [0.1, 0.15) is 11.5 Å². The number of para-hydroxylation sites is 1. The van der Waals surface area contributed by atoms with E-state index in [1.165, 1.54) is 6.20 Å². The van der Waals surface area contributed by atoms with E-state index in [4.69, 9.17) is 0 Å². The van der Waals surface area contributed by atoms with Crippen LogP contribution in [0.15, 0.2) is 36.7 Å². The number of amides is 1. The number of carbonyl (C=O) groups is 1. The maximum absolute atomic E-state index is 12.7. The minimum atomic E-state index is -0.140. The van der Waals surface area contributed by atoms with Gasteiger partial charge < -0.3 is 10.2 Å². The molecule has 1 N–H and O–H groups in total. The first kappa shape index (κ1) is 15.0. The lowest BCUT2D eigenvalue weighted by atomic mass is 10.1. The smallest absolute Gasteiger partial charge is 0.278 e. The van der Waals surface area contributed by atoms with Crippen LogP contribution in [0.4, 0.5) is 11.5 Å². The minimum absolute atomic E-state index is 0.140. The second kappa shape index (κ2) is 6.83. The molecule has 0 aliphatic carbocycles. The van der Waals surface area contributed by atoms with Crippen LogP contribution in [-0.2, 0) is 0 Å². The largest absolute Gasteiger partial charge is 0.369 e. The molecule has 0 fully saturated rings. The molecule has 0 saturated heterocycles. The van der Waals surface area contributed by atoms with Gasteiger partial charge in [-0.05, 0) is 32.4 Å². The molecule has 0 unspecified atom stereocenters. The van der Waals surface area contributed by atoms with Gasteiger partial charge in [-0.3, -0.25) is 9.78 Å². The summed E-state index contributed by atoms with van der Waals surface area (Å²) in [5.74, 6) is 0.475. The fourth-order valence-electron chi connectivity index (χ4n) is 2.16. The fourth-order valence-corrected chi connectivity index (χ4v) is 2.16. The summed E-state index contributed by atoms with van der Waals surface area (Å²) in [5.41, 5.74) is 2.31. The van der Waals surface area contributed by atoms with Crippen LogP contribution in [0.3, 0.4) is 0 Å². The number of aromatic nitrogens is 2. The van der Waals surface area contributed by atoms with E-state index < -0.39 is 0 Å². The SMILES string of the molecule is CCNc1cncc(C(=O)N(CC)c2ccccc2C)n1. The lowest BCUT2D eigenvalue weighted by Gasteiger charge is -2.22. The quantitative estimate of drug-likeness (QED) is 0.917. The van der Waals surface area contributed by atoms with E-state index in [-0.39, 0.29) is 5.91 Å². The fraction of sp³-hybridized carbons (Fsp3) is 0.312. The number of nitrogens with zero attached hydrogens (tertiary/aromatic N) is 3. The van der Waals surface area contributed by atoms with Crippen LogP contribution >= 0.6 is 0 Å². The Morgan fingerprint density at radius 1 is 1.24 bits per heavy atom. The molecule has 0 radical (unpaired) electrons. The van der Waals surface area contributed by atoms with Crippen molar-refractivity contribution in [3.05, 3.63) is 47.9 Å². The Balaban J connectivity index is 2.32. The number of carbonyl (C=O) groups excluding carboxylic acids is 1. The molecule has 0 aliphatic rings. The monoisotopic (exact) mass is 284 g/mol. The zero-order valence-electron chi connectivity index (χ0n) is 12.6. The van der Waals surface area contributed by atoms with Crippen molar-refractivity contribution in [1.29, 1.82) is 0 Å². The lowest BCUT2D eigenvalue weighted by Crippen LogP contribution is -2.32. The number of hydrogen-bond donors (Lipinski definition) is 1. The highest BCUT2D eigenvalue weighted by molar-refractivity contribution is 6.05. The van der Waals surface area contributed by atoms with Gasteiger partial charge in [0.15, 0.2) is 0 Å². The number of benzene rings is 1. The summed E-state index contributed by atoms with van der Waals surface area (Å²) in [6, 6.07) is 7.83. The Kier molecular flexibility index (Phi) is 4.87. The molecule has 1 amide bonds. The molecular formula is C16H20N4O.